The molecular weight excluding hydrogens is 314 g/mol. The van der Waals surface area contributed by atoms with Crippen LogP contribution in [0.5, 0.6) is 0 Å². The predicted octanol–water partition coefficient (Wildman–Crippen LogP) is 1.69. The van der Waals surface area contributed by atoms with Crippen LogP contribution in [0.3, 0.4) is 0 Å². The summed E-state index contributed by atoms with van der Waals surface area (Å²) in [5.41, 5.74) is 6.07. The molecule has 0 bridgehead atoms. The van der Waals surface area contributed by atoms with Crippen LogP contribution in [0, 0.1) is 11.3 Å². The minimum Gasteiger partial charge on any atom is -0.325 e. The largest absolute Gasteiger partial charge is 0.325 e. The maximum absolute atomic E-state index is 12.1. The smallest absolute Gasteiger partial charge is 0.241 e. The number of carbonyl (C=O) groups excluding carboxylic acids is 1. The van der Waals surface area contributed by atoms with Gasteiger partial charge in [-0.25, -0.2) is 13.1 Å². The van der Waals surface area contributed by atoms with Crippen molar-refractivity contribution in [2.75, 3.05) is 11.9 Å². The molecular formula is C16H25N3O3S. The van der Waals surface area contributed by atoms with Crippen molar-refractivity contribution < 1.29 is 13.2 Å². The topological polar surface area (TPSA) is 101 Å². The first-order chi connectivity index (χ1) is 10.6. The van der Waals surface area contributed by atoms with Crippen LogP contribution in [0.25, 0.3) is 0 Å². The highest BCUT2D eigenvalue weighted by Gasteiger charge is 2.27. The fourth-order valence-corrected chi connectivity index (χ4v) is 3.08. The fraction of sp³-hybridized carbons (Fsp3) is 0.562. The van der Waals surface area contributed by atoms with Gasteiger partial charge in [0.1, 0.15) is 0 Å². The van der Waals surface area contributed by atoms with Crippen molar-refractivity contribution in [2.24, 2.45) is 17.1 Å². The van der Waals surface area contributed by atoms with E-state index >= 15 is 0 Å². The van der Waals surface area contributed by atoms with Gasteiger partial charge in [0.25, 0.3) is 0 Å². The van der Waals surface area contributed by atoms with E-state index in [4.69, 9.17) is 5.73 Å². The zero-order chi connectivity index (χ0) is 17.3. The molecule has 0 aliphatic heterocycles. The SMILES string of the molecule is CC(C)(C)[C@H](N)C(=O)Nc1ccc(S(=O)(=O)NCC2CC2)cc1. The minimum atomic E-state index is -3.49. The van der Waals surface area contributed by atoms with Gasteiger partial charge in [0.05, 0.1) is 10.9 Å². The van der Waals surface area contributed by atoms with E-state index in [-0.39, 0.29) is 16.2 Å². The van der Waals surface area contributed by atoms with Crippen LogP contribution < -0.4 is 15.8 Å². The van der Waals surface area contributed by atoms with Gasteiger partial charge in [0.2, 0.25) is 15.9 Å². The van der Waals surface area contributed by atoms with E-state index in [1.807, 2.05) is 20.8 Å². The number of sulfonamides is 1. The first-order valence-corrected chi connectivity index (χ1v) is 9.24. The van der Waals surface area contributed by atoms with Gasteiger partial charge in [-0.15, -0.1) is 0 Å². The van der Waals surface area contributed by atoms with E-state index in [2.05, 4.69) is 10.0 Å². The van der Waals surface area contributed by atoms with E-state index < -0.39 is 16.1 Å². The van der Waals surface area contributed by atoms with Crippen molar-refractivity contribution in [3.05, 3.63) is 24.3 Å². The zero-order valence-corrected chi connectivity index (χ0v) is 14.6. The number of benzene rings is 1. The van der Waals surface area contributed by atoms with Crippen LogP contribution in [0.1, 0.15) is 33.6 Å². The highest BCUT2D eigenvalue weighted by molar-refractivity contribution is 7.89. The van der Waals surface area contributed by atoms with E-state index in [9.17, 15) is 13.2 Å². The zero-order valence-electron chi connectivity index (χ0n) is 13.8. The normalized spacial score (nSPS) is 16.9. The number of hydrogen-bond acceptors (Lipinski definition) is 4. The maximum atomic E-state index is 12.1. The minimum absolute atomic E-state index is 0.191. The van der Waals surface area contributed by atoms with Crippen LogP contribution >= 0.6 is 0 Å². The van der Waals surface area contributed by atoms with Gasteiger partial charge in [-0.2, -0.15) is 0 Å². The van der Waals surface area contributed by atoms with Gasteiger partial charge >= 0.3 is 0 Å². The molecule has 2 rings (SSSR count). The summed E-state index contributed by atoms with van der Waals surface area (Å²) >= 11 is 0. The Morgan fingerprint density at radius 2 is 1.83 bits per heavy atom. The van der Waals surface area contributed by atoms with Gasteiger partial charge in [-0.05, 0) is 48.4 Å². The number of nitrogens with one attached hydrogen (secondary N) is 2. The van der Waals surface area contributed by atoms with Crippen molar-refractivity contribution >= 4 is 21.6 Å². The van der Waals surface area contributed by atoms with Crippen molar-refractivity contribution in [1.82, 2.24) is 4.72 Å². The molecule has 4 N–H and O–H groups in total. The molecule has 1 aromatic rings. The Balaban J connectivity index is 2.00. The summed E-state index contributed by atoms with van der Waals surface area (Å²) < 4.78 is 26.8. The Morgan fingerprint density at radius 1 is 1.26 bits per heavy atom. The number of rotatable bonds is 6. The Labute approximate surface area is 137 Å². The quantitative estimate of drug-likeness (QED) is 0.734. The molecule has 1 amide bonds. The van der Waals surface area contributed by atoms with E-state index in [1.54, 1.807) is 12.1 Å². The second-order valence-electron chi connectivity index (χ2n) is 7.15. The van der Waals surface area contributed by atoms with E-state index in [1.165, 1.54) is 12.1 Å². The predicted molar refractivity (Wildman–Crippen MR) is 90.4 cm³/mol. The first kappa shape index (κ1) is 17.9. The Hall–Kier alpha value is -1.44. The van der Waals surface area contributed by atoms with E-state index in [0.29, 0.717) is 18.2 Å². The number of carbonyl (C=O) groups is 1. The van der Waals surface area contributed by atoms with Gasteiger partial charge in [0, 0.05) is 12.2 Å². The second kappa shape index (κ2) is 6.59. The van der Waals surface area contributed by atoms with Gasteiger partial charge in [-0.1, -0.05) is 20.8 Å². The number of hydrogen-bond donors (Lipinski definition) is 3. The molecule has 1 atom stereocenters. The number of anilines is 1. The average molecular weight is 339 g/mol. The third-order valence-corrected chi connectivity index (χ3v) is 5.35. The van der Waals surface area contributed by atoms with Crippen LogP contribution in [0.15, 0.2) is 29.2 Å². The Bertz CT molecular complexity index is 659. The molecule has 1 aliphatic carbocycles. The van der Waals surface area contributed by atoms with Crippen molar-refractivity contribution in [1.29, 1.82) is 0 Å². The summed E-state index contributed by atoms with van der Waals surface area (Å²) in [6, 6.07) is 5.45. The van der Waals surface area contributed by atoms with Crippen LogP contribution in [-0.4, -0.2) is 26.9 Å². The molecule has 1 aromatic carbocycles. The van der Waals surface area contributed by atoms with Crippen LogP contribution in [0.2, 0.25) is 0 Å². The van der Waals surface area contributed by atoms with Crippen molar-refractivity contribution in [2.45, 2.75) is 44.6 Å². The highest BCUT2D eigenvalue weighted by atomic mass is 32.2. The second-order valence-corrected chi connectivity index (χ2v) is 8.92. The molecule has 0 spiro atoms. The molecule has 0 unspecified atom stereocenters. The average Bonchev–Trinajstić information content (AvgIpc) is 3.28. The molecule has 6 nitrogen and oxygen atoms in total. The number of amides is 1. The van der Waals surface area contributed by atoms with Gasteiger partial charge in [0.15, 0.2) is 0 Å². The molecule has 128 valence electrons. The third-order valence-electron chi connectivity index (χ3n) is 3.91. The Morgan fingerprint density at radius 3 is 2.30 bits per heavy atom. The highest BCUT2D eigenvalue weighted by Crippen LogP contribution is 2.28. The lowest BCUT2D eigenvalue weighted by molar-refractivity contribution is -0.119. The van der Waals surface area contributed by atoms with Gasteiger partial charge < -0.3 is 11.1 Å². The molecule has 23 heavy (non-hydrogen) atoms. The lowest BCUT2D eigenvalue weighted by Gasteiger charge is -2.25. The fourth-order valence-electron chi connectivity index (χ4n) is 1.96. The van der Waals surface area contributed by atoms with Crippen LogP contribution in [-0.2, 0) is 14.8 Å². The summed E-state index contributed by atoms with van der Waals surface area (Å²) in [6.45, 7) is 6.15. The molecule has 1 saturated carbocycles. The summed E-state index contributed by atoms with van der Waals surface area (Å²) in [4.78, 5) is 12.2. The summed E-state index contributed by atoms with van der Waals surface area (Å²) in [6.07, 6.45) is 2.17. The van der Waals surface area contributed by atoms with Crippen molar-refractivity contribution in [3.63, 3.8) is 0 Å². The lowest BCUT2D eigenvalue weighted by atomic mass is 9.87. The molecule has 0 saturated heterocycles. The summed E-state index contributed by atoms with van der Waals surface area (Å²) in [5.74, 6) is 0.183. The van der Waals surface area contributed by atoms with E-state index in [0.717, 1.165) is 12.8 Å². The summed E-state index contributed by atoms with van der Waals surface area (Å²) in [5, 5.41) is 2.71. The van der Waals surface area contributed by atoms with Crippen LogP contribution in [0.4, 0.5) is 5.69 Å². The Kier molecular flexibility index (Phi) is 5.13. The molecule has 1 fully saturated rings. The molecule has 0 aromatic heterocycles. The first-order valence-electron chi connectivity index (χ1n) is 7.76. The lowest BCUT2D eigenvalue weighted by Crippen LogP contribution is -2.45. The standard InChI is InChI=1S/C16H25N3O3S/c1-16(2,3)14(17)15(20)19-12-6-8-13(9-7-12)23(21,22)18-10-11-4-5-11/h6-9,11,14,18H,4-5,10,17H2,1-3H3,(H,19,20)/t14-/m1/s1. The molecule has 1 aliphatic rings. The van der Waals surface area contributed by atoms with Gasteiger partial charge in [-0.3, -0.25) is 4.79 Å². The maximum Gasteiger partial charge on any atom is 0.241 e. The molecule has 0 heterocycles. The summed E-state index contributed by atoms with van der Waals surface area (Å²) in [7, 11) is -3.49. The molecule has 0 radical (unpaired) electrons. The molecule has 7 heteroatoms. The van der Waals surface area contributed by atoms with Crippen molar-refractivity contribution in [3.8, 4) is 0 Å². The third kappa shape index (κ3) is 5.02. The number of nitrogens with two attached hydrogens (primary N) is 1. The monoisotopic (exact) mass is 339 g/mol.